The Morgan fingerprint density at radius 2 is 1.88 bits per heavy atom. The fourth-order valence-corrected chi connectivity index (χ4v) is 7.76. The highest BCUT2D eigenvalue weighted by atomic mass is 35.5. The second-order valence-corrected chi connectivity index (χ2v) is 11.1. The quantitative estimate of drug-likeness (QED) is 0.410. The maximum atomic E-state index is 15.0. The van der Waals surface area contributed by atoms with E-state index in [-0.39, 0.29) is 17.7 Å². The van der Waals surface area contributed by atoms with Crippen molar-refractivity contribution in [1.29, 1.82) is 0 Å². The molecule has 3 aromatic rings. The molecule has 1 aromatic heterocycles. The number of hydrogen-bond acceptors (Lipinski definition) is 5. The van der Waals surface area contributed by atoms with Gasteiger partial charge in [-0.1, -0.05) is 23.2 Å². The number of nitrogens with zero attached hydrogens (tertiary/aromatic N) is 3. The maximum absolute atomic E-state index is 15.0. The summed E-state index contributed by atoms with van der Waals surface area (Å²) in [6, 6.07) is 5.71. The van der Waals surface area contributed by atoms with E-state index < -0.39 is 28.2 Å². The Morgan fingerprint density at radius 3 is 2.61 bits per heavy atom. The normalized spacial score (nSPS) is 21.9. The van der Waals surface area contributed by atoms with Gasteiger partial charge in [-0.3, -0.25) is 4.57 Å². The standard InChI is InChI=1S/C22H22Cl2F2N4O2S/c1-32-13-10-30-20-14(21(28-22(30)31)29-4-2-27-3-5-29)6-12(23)7-19(20)33(11-13)18-8-15(24)16(25)9-17(18)26/h6-9,13,27,33H,2-5,10-11H2,1H3/t13-/m0/s1. The van der Waals surface area contributed by atoms with Crippen molar-refractivity contribution >= 4 is 50.8 Å². The lowest BCUT2D eigenvalue weighted by molar-refractivity contribution is 0.107. The number of rotatable bonds is 3. The first-order chi connectivity index (χ1) is 15.9. The van der Waals surface area contributed by atoms with Gasteiger partial charge in [-0.2, -0.15) is 15.9 Å². The minimum absolute atomic E-state index is 0.154. The summed E-state index contributed by atoms with van der Waals surface area (Å²) >= 11 is 12.6. The number of aromatic nitrogens is 2. The molecule has 3 heterocycles. The first-order valence-electron chi connectivity index (χ1n) is 10.5. The SMILES string of the molecule is CO[C@H]1Cn2c(=O)nc(N3CCNCC3)c3cc(Cl)cc(c32)[SH](c2cc(Cl)c(F)cc2F)C1. The third-order valence-corrected chi connectivity index (χ3v) is 9.22. The molecule has 0 radical (unpaired) electrons. The van der Waals surface area contributed by atoms with Gasteiger partial charge in [0.1, 0.15) is 17.5 Å². The van der Waals surface area contributed by atoms with Crippen LogP contribution in [0.1, 0.15) is 0 Å². The van der Waals surface area contributed by atoms with Crippen LogP contribution in [-0.2, 0) is 11.3 Å². The van der Waals surface area contributed by atoms with Crippen LogP contribution in [0, 0.1) is 11.6 Å². The smallest absolute Gasteiger partial charge is 0.350 e. The molecule has 0 spiro atoms. The molecular weight excluding hydrogens is 493 g/mol. The number of thiol groups is 1. The summed E-state index contributed by atoms with van der Waals surface area (Å²) in [7, 11) is 0.150. The molecule has 1 fully saturated rings. The molecule has 11 heteroatoms. The number of hydrogen-bond donors (Lipinski definition) is 2. The van der Waals surface area contributed by atoms with Gasteiger partial charge in [0, 0.05) is 65.3 Å². The molecule has 0 aliphatic carbocycles. The Hall–Kier alpha value is -1.91. The molecule has 0 saturated carbocycles. The Bertz CT molecular complexity index is 1300. The molecule has 2 aromatic carbocycles. The zero-order valence-corrected chi connectivity index (χ0v) is 20.2. The van der Waals surface area contributed by atoms with Crippen molar-refractivity contribution in [2.45, 2.75) is 22.4 Å². The summed E-state index contributed by atoms with van der Waals surface area (Å²) in [6.07, 6.45) is -0.377. The minimum Gasteiger partial charge on any atom is -0.379 e. The first kappa shape index (κ1) is 22.9. The number of piperazine rings is 1. The summed E-state index contributed by atoms with van der Waals surface area (Å²) in [5.41, 5.74) is 0.273. The van der Waals surface area contributed by atoms with Crippen LogP contribution in [0.2, 0.25) is 10.0 Å². The van der Waals surface area contributed by atoms with Crippen molar-refractivity contribution < 1.29 is 13.5 Å². The summed E-state index contributed by atoms with van der Waals surface area (Å²) < 4.78 is 36.2. The van der Waals surface area contributed by atoms with E-state index in [1.165, 1.54) is 6.07 Å². The van der Waals surface area contributed by atoms with Gasteiger partial charge in [-0.05, 0) is 18.2 Å². The van der Waals surface area contributed by atoms with Crippen LogP contribution < -0.4 is 15.9 Å². The van der Waals surface area contributed by atoms with Gasteiger partial charge in [0.15, 0.2) is 0 Å². The van der Waals surface area contributed by atoms with Crippen molar-refractivity contribution in [3.05, 3.63) is 56.4 Å². The lowest BCUT2D eigenvalue weighted by Crippen LogP contribution is -2.45. The van der Waals surface area contributed by atoms with Gasteiger partial charge >= 0.3 is 5.69 Å². The average Bonchev–Trinajstić information content (AvgIpc) is 2.97. The van der Waals surface area contributed by atoms with Gasteiger partial charge < -0.3 is 15.0 Å². The Kier molecular flexibility index (Phi) is 6.26. The van der Waals surface area contributed by atoms with E-state index in [9.17, 15) is 9.18 Å². The number of benzene rings is 2. The number of nitrogens with one attached hydrogen (secondary N) is 1. The Morgan fingerprint density at radius 1 is 1.12 bits per heavy atom. The van der Waals surface area contributed by atoms with Gasteiger partial charge in [-0.15, -0.1) is 0 Å². The zero-order valence-electron chi connectivity index (χ0n) is 17.7. The first-order valence-corrected chi connectivity index (χ1v) is 12.8. The van der Waals surface area contributed by atoms with E-state index in [0.717, 1.165) is 29.4 Å². The second-order valence-electron chi connectivity index (χ2n) is 8.07. The summed E-state index contributed by atoms with van der Waals surface area (Å²) in [4.78, 5) is 20.7. The van der Waals surface area contributed by atoms with E-state index in [4.69, 9.17) is 27.9 Å². The minimum atomic E-state index is -1.41. The predicted octanol–water partition coefficient (Wildman–Crippen LogP) is 3.84. The highest BCUT2D eigenvalue weighted by Crippen LogP contribution is 2.52. The average molecular weight is 515 g/mol. The largest absolute Gasteiger partial charge is 0.379 e. The van der Waals surface area contributed by atoms with Gasteiger partial charge in [0.25, 0.3) is 0 Å². The van der Waals surface area contributed by atoms with Crippen LogP contribution in [0.5, 0.6) is 0 Å². The van der Waals surface area contributed by atoms with E-state index in [2.05, 4.69) is 15.2 Å². The number of ether oxygens (including phenoxy) is 1. The predicted molar refractivity (Wildman–Crippen MR) is 129 cm³/mol. The molecule has 2 aliphatic rings. The fraction of sp³-hybridized carbons (Fsp3) is 0.364. The Labute approximate surface area is 201 Å². The van der Waals surface area contributed by atoms with Crippen molar-refractivity contribution in [3.8, 4) is 0 Å². The lowest BCUT2D eigenvalue weighted by atomic mass is 10.2. The van der Waals surface area contributed by atoms with Crippen LogP contribution in [0.15, 0.2) is 38.9 Å². The maximum Gasteiger partial charge on any atom is 0.350 e. The fourth-order valence-electron chi connectivity index (χ4n) is 4.50. The molecule has 33 heavy (non-hydrogen) atoms. The third-order valence-electron chi connectivity index (χ3n) is 6.09. The number of methoxy groups -OCH3 is 1. The molecule has 1 unspecified atom stereocenters. The Balaban J connectivity index is 1.82. The molecule has 1 N–H and O–H groups in total. The molecule has 176 valence electrons. The lowest BCUT2D eigenvalue weighted by Gasteiger charge is -2.30. The number of halogens is 4. The van der Waals surface area contributed by atoms with Crippen LogP contribution in [0.25, 0.3) is 10.9 Å². The van der Waals surface area contributed by atoms with Gasteiger partial charge in [-0.25, -0.2) is 13.6 Å². The van der Waals surface area contributed by atoms with E-state index >= 15 is 4.39 Å². The van der Waals surface area contributed by atoms with Gasteiger partial charge in [0.05, 0.1) is 23.2 Å². The molecule has 0 amide bonds. The topological polar surface area (TPSA) is 59.4 Å². The molecule has 0 bridgehead atoms. The molecule has 1 saturated heterocycles. The molecule has 2 atom stereocenters. The third kappa shape index (κ3) is 4.10. The highest BCUT2D eigenvalue weighted by Gasteiger charge is 2.30. The van der Waals surface area contributed by atoms with Crippen LogP contribution in [-0.4, -0.2) is 54.7 Å². The number of anilines is 1. The summed E-state index contributed by atoms with van der Waals surface area (Å²) in [5.74, 6) is -0.508. The van der Waals surface area contributed by atoms with Crippen molar-refractivity contribution in [2.24, 2.45) is 0 Å². The van der Waals surface area contributed by atoms with E-state index in [1.807, 2.05) is 0 Å². The molecule has 5 rings (SSSR count). The van der Waals surface area contributed by atoms with Crippen LogP contribution in [0.3, 0.4) is 0 Å². The van der Waals surface area contributed by atoms with Crippen molar-refractivity contribution in [2.75, 3.05) is 43.9 Å². The highest BCUT2D eigenvalue weighted by molar-refractivity contribution is 8.17. The molecule has 2 aliphatic heterocycles. The van der Waals surface area contributed by atoms with E-state index in [1.54, 1.807) is 23.8 Å². The molecule has 6 nitrogen and oxygen atoms in total. The monoisotopic (exact) mass is 514 g/mol. The second kappa shape index (κ2) is 9.03. The molecular formula is C22H22Cl2F2N4O2S. The van der Waals surface area contributed by atoms with Crippen molar-refractivity contribution in [3.63, 3.8) is 0 Å². The summed E-state index contributed by atoms with van der Waals surface area (Å²) in [6.45, 7) is 3.22. The van der Waals surface area contributed by atoms with E-state index in [0.29, 0.717) is 40.1 Å². The van der Waals surface area contributed by atoms with Crippen LogP contribution >= 0.6 is 34.1 Å². The van der Waals surface area contributed by atoms with Crippen LogP contribution in [0.4, 0.5) is 14.6 Å². The summed E-state index contributed by atoms with van der Waals surface area (Å²) in [5, 5.41) is 4.33. The van der Waals surface area contributed by atoms with Crippen molar-refractivity contribution in [1.82, 2.24) is 14.9 Å². The van der Waals surface area contributed by atoms with Gasteiger partial charge in [0.2, 0.25) is 0 Å². The zero-order chi connectivity index (χ0) is 23.3.